The van der Waals surface area contributed by atoms with Crippen molar-refractivity contribution in [3.05, 3.63) is 167 Å². The minimum atomic E-state index is -2.12. The first-order valence-corrected chi connectivity index (χ1v) is 25.1. The third kappa shape index (κ3) is 6.22. The number of halogens is 4. The van der Waals surface area contributed by atoms with Crippen LogP contribution in [0.1, 0.15) is 96.8 Å². The molecule has 64 heavy (non-hydrogen) atoms. The van der Waals surface area contributed by atoms with E-state index in [2.05, 4.69) is 0 Å². The van der Waals surface area contributed by atoms with Gasteiger partial charge < -0.3 is 0 Å². The van der Waals surface area contributed by atoms with Crippen LogP contribution in [0.5, 0.6) is 0 Å². The molecule has 6 fully saturated rings. The third-order valence-corrected chi connectivity index (χ3v) is 20.5. The first kappa shape index (κ1) is 41.3. The molecule has 8 nitrogen and oxygen atoms in total. The van der Waals surface area contributed by atoms with Crippen molar-refractivity contribution in [3.63, 3.8) is 0 Å². The monoisotopic (exact) mass is 902 g/mol. The molecule has 5 aromatic rings. The molecule has 2 saturated carbocycles. The minimum absolute atomic E-state index is 0.147. The first-order valence-electron chi connectivity index (χ1n) is 22.1. The van der Waals surface area contributed by atoms with E-state index < -0.39 is 85.9 Å². The Hall–Kier alpha value is -5.44. The highest BCUT2D eigenvalue weighted by molar-refractivity contribution is 7.72. The van der Waals surface area contributed by atoms with Gasteiger partial charge in [-0.05, 0) is 76.4 Å². The van der Waals surface area contributed by atoms with Gasteiger partial charge in [0.1, 0.15) is 46.4 Å². The Balaban J connectivity index is 1.21. The predicted octanol–water partition coefficient (Wildman–Crippen LogP) is 10.1. The van der Waals surface area contributed by atoms with Crippen LogP contribution in [0.25, 0.3) is 0 Å². The summed E-state index contributed by atoms with van der Waals surface area (Å²) in [5.74, 6) is -10.8. The van der Waals surface area contributed by atoms with E-state index in [9.17, 15) is 0 Å². The number of carbonyl (C=O) groups excluding carboxylic acids is 4. The summed E-state index contributed by atoms with van der Waals surface area (Å²) in [5.41, 5.74) is 0.588. The van der Waals surface area contributed by atoms with Crippen LogP contribution < -0.4 is 10.6 Å². The molecule has 11 rings (SSSR count). The molecule has 5 aromatic carbocycles. The molecular formula is C50H44F4N4O4P2. The topological polar surface area (TPSA) is 81.2 Å². The molecule has 2 aliphatic carbocycles. The van der Waals surface area contributed by atoms with Crippen molar-refractivity contribution in [1.82, 2.24) is 20.0 Å². The number of fused-ring (bicyclic) bond motifs is 4. The van der Waals surface area contributed by atoms with Crippen molar-refractivity contribution < 1.29 is 36.7 Å². The quantitative estimate of drug-likeness (QED) is 0.126. The molecule has 6 aliphatic rings. The van der Waals surface area contributed by atoms with Crippen LogP contribution in [0.3, 0.4) is 0 Å². The van der Waals surface area contributed by atoms with Gasteiger partial charge >= 0.3 is 0 Å². The maximum atomic E-state index is 16.7. The van der Waals surface area contributed by atoms with E-state index in [1.807, 2.05) is 12.1 Å². The van der Waals surface area contributed by atoms with Gasteiger partial charge in [0.15, 0.2) is 0 Å². The van der Waals surface area contributed by atoms with Gasteiger partial charge in [-0.3, -0.25) is 19.2 Å². The van der Waals surface area contributed by atoms with Crippen molar-refractivity contribution >= 4 is 50.1 Å². The van der Waals surface area contributed by atoms with Gasteiger partial charge in [0.25, 0.3) is 0 Å². The van der Waals surface area contributed by atoms with Gasteiger partial charge in [-0.1, -0.05) is 123 Å². The summed E-state index contributed by atoms with van der Waals surface area (Å²) < 4.78 is 66.7. The van der Waals surface area contributed by atoms with E-state index in [0.29, 0.717) is 36.3 Å². The maximum absolute atomic E-state index is 16.7. The lowest BCUT2D eigenvalue weighted by molar-refractivity contribution is -0.185. The van der Waals surface area contributed by atoms with Crippen LogP contribution >= 0.6 is 15.8 Å². The van der Waals surface area contributed by atoms with Crippen molar-refractivity contribution in [2.24, 2.45) is 23.7 Å². The molecule has 0 aromatic heterocycles. The lowest BCUT2D eigenvalue weighted by atomic mass is 9.76. The number of hydrogen-bond acceptors (Lipinski definition) is 4. The summed E-state index contributed by atoms with van der Waals surface area (Å²) in [6.07, 6.45) is 4.93. The van der Waals surface area contributed by atoms with Crippen LogP contribution in [-0.4, -0.2) is 43.7 Å². The predicted molar refractivity (Wildman–Crippen MR) is 234 cm³/mol. The molecule has 326 valence electrons. The van der Waals surface area contributed by atoms with E-state index in [-0.39, 0.29) is 45.9 Å². The second-order valence-electron chi connectivity index (χ2n) is 17.6. The fraction of sp³-hybridized carbons (Fsp3) is 0.320. The summed E-state index contributed by atoms with van der Waals surface area (Å²) in [7, 11) is -4.23. The highest BCUT2D eigenvalue weighted by Crippen LogP contribution is 2.75. The highest BCUT2D eigenvalue weighted by atomic mass is 31.1. The summed E-state index contributed by atoms with van der Waals surface area (Å²) in [6, 6.07) is 31.7. The molecule has 0 unspecified atom stereocenters. The second-order valence-corrected chi connectivity index (χ2v) is 22.2. The second kappa shape index (κ2) is 16.2. The molecule has 0 bridgehead atoms. The average molecular weight is 903 g/mol. The zero-order chi connectivity index (χ0) is 44.0. The Labute approximate surface area is 370 Å². The van der Waals surface area contributed by atoms with E-state index in [4.69, 9.17) is 0 Å². The summed E-state index contributed by atoms with van der Waals surface area (Å²) in [6.45, 7) is 0. The van der Waals surface area contributed by atoms with E-state index in [1.165, 1.54) is 44.3 Å². The third-order valence-electron chi connectivity index (χ3n) is 14.3. The number of hydrogen-bond donors (Lipinski definition) is 0. The lowest BCUT2D eigenvalue weighted by Gasteiger charge is -2.46. The number of amides is 4. The standard InChI is InChI=1S/C50H44F4N4O4P2/c51-37-23-9-5-19-33(37)47-55-43(59)29-15-1-2-16-30(29)44(60)56(55)48(34-20-6-10-24-38(34)52)63(47)41-27-13-14-28-42(41)64-49(35-21-7-11-25-39(35)53)57-45(61)31-17-3-4-18-32(31)46(62)58(57)50(64)36-22-8-12-26-40(36)54/h5-14,19-32,47-50H,1-4,15-18H2/t29-,30-,31-,32-,47-,48-,49-,50-/m1/s1. The van der Waals surface area contributed by atoms with Crippen molar-refractivity contribution in [3.8, 4) is 0 Å². The first-order chi connectivity index (χ1) is 31.2. The molecule has 14 heteroatoms. The molecular weight excluding hydrogens is 859 g/mol. The lowest BCUT2D eigenvalue weighted by Crippen LogP contribution is -2.59. The molecule has 4 aliphatic heterocycles. The average Bonchev–Trinajstić information content (AvgIpc) is 3.85. The summed E-state index contributed by atoms with van der Waals surface area (Å²) >= 11 is 0. The minimum Gasteiger partial charge on any atom is -0.273 e. The summed E-state index contributed by atoms with van der Waals surface area (Å²) in [5, 5.41) is 6.71. The molecule has 0 radical (unpaired) electrons. The Bertz CT molecular complexity index is 2380. The number of hydrazine groups is 2. The number of carbonyl (C=O) groups is 4. The largest absolute Gasteiger partial charge is 0.273 e. The summed E-state index contributed by atoms with van der Waals surface area (Å²) in [4.78, 5) is 60.5. The van der Waals surface area contributed by atoms with Gasteiger partial charge in [0.2, 0.25) is 23.6 Å². The molecule has 0 spiro atoms. The van der Waals surface area contributed by atoms with Crippen LogP contribution in [0, 0.1) is 46.9 Å². The van der Waals surface area contributed by atoms with Gasteiger partial charge in [-0.15, -0.1) is 0 Å². The van der Waals surface area contributed by atoms with E-state index in [1.54, 1.807) is 84.9 Å². The fourth-order valence-corrected chi connectivity index (χ4v) is 18.9. The van der Waals surface area contributed by atoms with Gasteiger partial charge in [0, 0.05) is 22.3 Å². The van der Waals surface area contributed by atoms with Crippen LogP contribution in [0.4, 0.5) is 17.6 Å². The van der Waals surface area contributed by atoms with E-state index in [0.717, 1.165) is 25.7 Å². The normalized spacial score (nSPS) is 28.3. The van der Waals surface area contributed by atoms with E-state index >= 15 is 36.7 Å². The van der Waals surface area contributed by atoms with Crippen molar-refractivity contribution in [1.29, 1.82) is 0 Å². The van der Waals surface area contributed by atoms with Gasteiger partial charge in [-0.2, -0.15) is 0 Å². The molecule has 8 atom stereocenters. The molecule has 0 N–H and O–H groups in total. The maximum Gasteiger partial charge on any atom is 0.246 e. The Morgan fingerprint density at radius 3 is 0.797 bits per heavy atom. The van der Waals surface area contributed by atoms with Crippen LogP contribution in [-0.2, 0) is 19.2 Å². The van der Waals surface area contributed by atoms with Crippen molar-refractivity contribution in [2.75, 3.05) is 0 Å². The van der Waals surface area contributed by atoms with Crippen molar-refractivity contribution in [2.45, 2.75) is 74.5 Å². The van der Waals surface area contributed by atoms with Crippen LogP contribution in [0.15, 0.2) is 121 Å². The number of rotatable bonds is 6. The highest BCUT2D eigenvalue weighted by Gasteiger charge is 2.64. The Morgan fingerprint density at radius 1 is 0.344 bits per heavy atom. The molecule has 4 heterocycles. The van der Waals surface area contributed by atoms with Gasteiger partial charge in [0.05, 0.1) is 23.7 Å². The molecule has 4 amide bonds. The van der Waals surface area contributed by atoms with Crippen LogP contribution in [0.2, 0.25) is 0 Å². The molecule has 4 saturated heterocycles. The Morgan fingerprint density at radius 2 is 0.562 bits per heavy atom. The fourth-order valence-electron chi connectivity index (χ4n) is 11.5. The SMILES string of the molecule is O=C1[C@@H]2CCCC[C@H]2C(=O)N2[C@@H](c3ccccc3F)P(c3ccccc3P3[C@H](c4ccccc4F)N4C(=O)[C@@H]5CCCC[C@H]5C(=O)N4[C@H]3c3ccccc3F)[C@H](c3ccccc3F)N12. The smallest absolute Gasteiger partial charge is 0.246 e. The zero-order valence-corrected chi connectivity index (χ0v) is 36.4. The number of nitrogens with zero attached hydrogens (tertiary/aromatic N) is 4. The number of benzene rings is 5. The van der Waals surface area contributed by atoms with Gasteiger partial charge in [-0.25, -0.2) is 37.6 Å². The Kier molecular flexibility index (Phi) is 10.5. The zero-order valence-electron chi connectivity index (χ0n) is 34.7.